The van der Waals surface area contributed by atoms with Crippen LogP contribution >= 0.6 is 11.3 Å². The summed E-state index contributed by atoms with van der Waals surface area (Å²) in [5.41, 5.74) is 0.320. The molecule has 1 rings (SSSR count). The number of aryl methyl sites for hydroxylation is 2. The van der Waals surface area contributed by atoms with Gasteiger partial charge in [0.1, 0.15) is 0 Å². The number of aliphatic hydroxyl groups is 1. The molecule has 0 aliphatic heterocycles. The van der Waals surface area contributed by atoms with Crippen molar-refractivity contribution in [2.45, 2.75) is 52.6 Å². The van der Waals surface area contributed by atoms with Gasteiger partial charge in [-0.2, -0.15) is 0 Å². The molecule has 0 bridgehead atoms. The minimum Gasteiger partial charge on any atom is -0.385 e. The van der Waals surface area contributed by atoms with Crippen LogP contribution in [0, 0.1) is 0 Å². The summed E-state index contributed by atoms with van der Waals surface area (Å²) in [7, 11) is 0. The van der Waals surface area contributed by atoms with E-state index in [2.05, 4.69) is 18.8 Å². The molecule has 80 valence electrons. The van der Waals surface area contributed by atoms with Crippen molar-refractivity contribution in [2.75, 3.05) is 0 Å². The van der Waals surface area contributed by atoms with Crippen LogP contribution in [0.15, 0.2) is 0 Å². The first-order valence-corrected chi connectivity index (χ1v) is 6.02. The molecule has 1 aromatic heterocycles. The molecule has 3 heteroatoms. The molecule has 1 aromatic rings. The summed E-state index contributed by atoms with van der Waals surface area (Å²) in [6.45, 7) is 7.89. The van der Waals surface area contributed by atoms with Crippen molar-refractivity contribution < 1.29 is 5.11 Å². The Morgan fingerprint density at radius 2 is 2.00 bits per heavy atom. The highest BCUT2D eigenvalue weighted by Crippen LogP contribution is 2.30. The fourth-order valence-corrected chi connectivity index (χ4v) is 2.69. The van der Waals surface area contributed by atoms with Gasteiger partial charge in [-0.3, -0.25) is 0 Å². The van der Waals surface area contributed by atoms with Gasteiger partial charge in [-0.1, -0.05) is 13.8 Å². The lowest BCUT2D eigenvalue weighted by molar-refractivity contribution is 0.0814. The maximum Gasteiger partial charge on any atom is 0.0950 e. The Balaban J connectivity index is 3.02. The van der Waals surface area contributed by atoms with Gasteiger partial charge in [-0.15, -0.1) is 11.3 Å². The maximum absolute atomic E-state index is 9.95. The molecule has 0 unspecified atom stereocenters. The quantitative estimate of drug-likeness (QED) is 0.834. The van der Waals surface area contributed by atoms with E-state index in [1.807, 2.05) is 13.8 Å². The average molecular weight is 213 g/mol. The highest BCUT2D eigenvalue weighted by atomic mass is 32.1. The first-order chi connectivity index (χ1) is 6.49. The van der Waals surface area contributed by atoms with Crippen LogP contribution in [0.3, 0.4) is 0 Å². The van der Waals surface area contributed by atoms with Gasteiger partial charge in [0.2, 0.25) is 0 Å². The minimum absolute atomic E-state index is 0.741. The van der Waals surface area contributed by atoms with Gasteiger partial charge in [-0.05, 0) is 33.1 Å². The topological polar surface area (TPSA) is 33.1 Å². The largest absolute Gasteiger partial charge is 0.385 e. The normalized spacial score (nSPS) is 12.1. The SMILES string of the molecule is CCCc1nc(CC)c(C(C)(C)O)s1. The van der Waals surface area contributed by atoms with Gasteiger partial charge in [0.15, 0.2) is 0 Å². The molecule has 1 N–H and O–H groups in total. The van der Waals surface area contributed by atoms with Gasteiger partial charge in [-0.25, -0.2) is 4.98 Å². The van der Waals surface area contributed by atoms with E-state index in [1.54, 1.807) is 11.3 Å². The molecule has 0 aliphatic carbocycles. The van der Waals surface area contributed by atoms with E-state index in [1.165, 1.54) is 0 Å². The lowest BCUT2D eigenvalue weighted by Gasteiger charge is -2.15. The summed E-state index contributed by atoms with van der Waals surface area (Å²) in [4.78, 5) is 5.57. The zero-order valence-corrected chi connectivity index (χ0v) is 10.2. The number of hydrogen-bond acceptors (Lipinski definition) is 3. The van der Waals surface area contributed by atoms with Crippen LogP contribution in [0.1, 0.15) is 49.7 Å². The second-order valence-corrected chi connectivity index (χ2v) is 5.13. The maximum atomic E-state index is 9.95. The van der Waals surface area contributed by atoms with Crippen molar-refractivity contribution in [3.63, 3.8) is 0 Å². The van der Waals surface area contributed by atoms with Crippen LogP contribution in [-0.4, -0.2) is 10.1 Å². The molecule has 1 heterocycles. The highest BCUT2D eigenvalue weighted by Gasteiger charge is 2.23. The standard InChI is InChI=1S/C11H19NOS/c1-5-7-9-12-8(6-2)10(14-9)11(3,4)13/h13H,5-7H2,1-4H3. The third-order valence-corrected chi connectivity index (χ3v) is 3.57. The second-order valence-electron chi connectivity index (χ2n) is 4.05. The summed E-state index contributed by atoms with van der Waals surface area (Å²) in [5.74, 6) is 0. The summed E-state index contributed by atoms with van der Waals surface area (Å²) in [5, 5.41) is 11.1. The summed E-state index contributed by atoms with van der Waals surface area (Å²) in [6, 6.07) is 0. The van der Waals surface area contributed by atoms with Crippen LogP contribution in [0.25, 0.3) is 0 Å². The van der Waals surface area contributed by atoms with Crippen molar-refractivity contribution in [3.05, 3.63) is 15.6 Å². The van der Waals surface area contributed by atoms with Crippen LogP contribution < -0.4 is 0 Å². The van der Waals surface area contributed by atoms with Gasteiger partial charge in [0.25, 0.3) is 0 Å². The highest BCUT2D eigenvalue weighted by molar-refractivity contribution is 7.11. The summed E-state index contributed by atoms with van der Waals surface area (Å²) in [6.07, 6.45) is 3.04. The van der Waals surface area contributed by atoms with Gasteiger partial charge >= 0.3 is 0 Å². The Labute approximate surface area is 90.0 Å². The summed E-state index contributed by atoms with van der Waals surface area (Å²) >= 11 is 1.65. The van der Waals surface area contributed by atoms with E-state index >= 15 is 0 Å². The molecule has 0 aromatic carbocycles. The second kappa shape index (κ2) is 4.41. The van der Waals surface area contributed by atoms with Gasteiger partial charge in [0, 0.05) is 0 Å². The molecule has 0 saturated heterocycles. The summed E-state index contributed by atoms with van der Waals surface area (Å²) < 4.78 is 0. The molecular weight excluding hydrogens is 194 g/mol. The van der Waals surface area contributed by atoms with E-state index in [-0.39, 0.29) is 0 Å². The molecule has 0 saturated carbocycles. The first-order valence-electron chi connectivity index (χ1n) is 5.20. The predicted octanol–water partition coefficient (Wildman–Crippen LogP) is 2.89. The zero-order valence-electron chi connectivity index (χ0n) is 9.42. The fourth-order valence-electron chi connectivity index (χ4n) is 1.44. The number of aromatic nitrogens is 1. The van der Waals surface area contributed by atoms with Crippen molar-refractivity contribution in [1.82, 2.24) is 4.98 Å². The first kappa shape index (κ1) is 11.7. The molecule has 0 atom stereocenters. The van der Waals surface area contributed by atoms with E-state index in [0.29, 0.717) is 0 Å². The Bertz CT molecular complexity index is 299. The molecule has 0 aliphatic rings. The van der Waals surface area contributed by atoms with Gasteiger partial charge < -0.3 is 5.11 Å². The molecule has 0 spiro atoms. The van der Waals surface area contributed by atoms with E-state index in [9.17, 15) is 5.11 Å². The van der Waals surface area contributed by atoms with Crippen molar-refractivity contribution in [3.8, 4) is 0 Å². The zero-order chi connectivity index (χ0) is 10.8. The smallest absolute Gasteiger partial charge is 0.0950 e. The molecule has 2 nitrogen and oxygen atoms in total. The number of hydrogen-bond donors (Lipinski definition) is 1. The van der Waals surface area contributed by atoms with Crippen LogP contribution in [0.5, 0.6) is 0 Å². The Morgan fingerprint density at radius 3 is 2.36 bits per heavy atom. The van der Waals surface area contributed by atoms with E-state index in [4.69, 9.17) is 0 Å². The number of thiazole rings is 1. The molecule has 0 amide bonds. The van der Waals surface area contributed by atoms with Crippen molar-refractivity contribution >= 4 is 11.3 Å². The van der Waals surface area contributed by atoms with Crippen molar-refractivity contribution in [2.24, 2.45) is 0 Å². The molecule has 0 fully saturated rings. The molecule has 0 radical (unpaired) electrons. The monoisotopic (exact) mass is 213 g/mol. The third-order valence-electron chi connectivity index (χ3n) is 2.10. The lowest BCUT2D eigenvalue weighted by Crippen LogP contribution is -2.15. The van der Waals surface area contributed by atoms with E-state index < -0.39 is 5.60 Å². The van der Waals surface area contributed by atoms with E-state index in [0.717, 1.165) is 34.8 Å². The lowest BCUT2D eigenvalue weighted by atomic mass is 10.1. The predicted molar refractivity (Wildman–Crippen MR) is 60.7 cm³/mol. The van der Waals surface area contributed by atoms with Gasteiger partial charge in [0.05, 0.1) is 21.2 Å². The number of nitrogens with zero attached hydrogens (tertiary/aromatic N) is 1. The minimum atomic E-state index is -0.741. The fraction of sp³-hybridized carbons (Fsp3) is 0.727. The van der Waals surface area contributed by atoms with Crippen LogP contribution in [0.2, 0.25) is 0 Å². The van der Waals surface area contributed by atoms with Crippen LogP contribution in [-0.2, 0) is 18.4 Å². The van der Waals surface area contributed by atoms with Crippen LogP contribution in [0.4, 0.5) is 0 Å². The number of rotatable bonds is 4. The van der Waals surface area contributed by atoms with Crippen molar-refractivity contribution in [1.29, 1.82) is 0 Å². The average Bonchev–Trinajstić information content (AvgIpc) is 2.47. The Hall–Kier alpha value is -0.410. The molecular formula is C11H19NOS. The Kier molecular flexibility index (Phi) is 3.67. The molecule has 14 heavy (non-hydrogen) atoms. The Morgan fingerprint density at radius 1 is 1.36 bits per heavy atom. The third kappa shape index (κ3) is 2.55.